The van der Waals surface area contributed by atoms with Crippen LogP contribution in [0.3, 0.4) is 0 Å². The van der Waals surface area contributed by atoms with Crippen LogP contribution in [0.2, 0.25) is 0 Å². The summed E-state index contributed by atoms with van der Waals surface area (Å²) in [6.07, 6.45) is 0.915. The number of benzene rings is 1. The molecule has 2 N–H and O–H groups in total. The molecule has 1 heterocycles. The largest absolute Gasteiger partial charge is 0.508 e. The maximum absolute atomic E-state index is 9.31. The summed E-state index contributed by atoms with van der Waals surface area (Å²) in [4.78, 5) is 0. The maximum atomic E-state index is 9.31. The highest BCUT2D eigenvalue weighted by molar-refractivity contribution is 5.53. The number of hydrogen-bond acceptors (Lipinski definition) is 3. The van der Waals surface area contributed by atoms with Crippen molar-refractivity contribution in [2.75, 3.05) is 5.32 Å². The van der Waals surface area contributed by atoms with Crippen LogP contribution in [0, 0.1) is 6.92 Å². The number of rotatable bonds is 4. The van der Waals surface area contributed by atoms with Gasteiger partial charge in [-0.15, -0.1) is 0 Å². The van der Waals surface area contributed by atoms with Crippen LogP contribution in [0.15, 0.2) is 34.7 Å². The van der Waals surface area contributed by atoms with Crippen molar-refractivity contribution in [3.8, 4) is 5.75 Å². The van der Waals surface area contributed by atoms with Crippen LogP contribution < -0.4 is 5.32 Å². The van der Waals surface area contributed by atoms with Gasteiger partial charge in [0.2, 0.25) is 0 Å². The van der Waals surface area contributed by atoms with Gasteiger partial charge in [0, 0.05) is 12.1 Å². The van der Waals surface area contributed by atoms with E-state index in [0.717, 1.165) is 29.2 Å². The Balaban J connectivity index is 2.02. The van der Waals surface area contributed by atoms with Crippen LogP contribution in [0.5, 0.6) is 5.75 Å². The molecule has 0 spiro atoms. The molecule has 0 fully saturated rings. The average molecular weight is 231 g/mol. The SMILES string of the molecule is CCc1ccc(CNc2ccc(O)cc2C)o1. The van der Waals surface area contributed by atoms with Crippen molar-refractivity contribution >= 4 is 5.69 Å². The van der Waals surface area contributed by atoms with E-state index in [9.17, 15) is 5.11 Å². The van der Waals surface area contributed by atoms with Gasteiger partial charge in [-0.25, -0.2) is 0 Å². The quantitative estimate of drug-likeness (QED) is 0.792. The molecule has 0 aliphatic rings. The molecule has 2 rings (SSSR count). The lowest BCUT2D eigenvalue weighted by atomic mass is 10.2. The molecular weight excluding hydrogens is 214 g/mol. The number of furan rings is 1. The first-order valence-corrected chi connectivity index (χ1v) is 5.80. The van der Waals surface area contributed by atoms with Crippen LogP contribution >= 0.6 is 0 Å². The van der Waals surface area contributed by atoms with E-state index in [2.05, 4.69) is 12.2 Å². The smallest absolute Gasteiger partial charge is 0.123 e. The van der Waals surface area contributed by atoms with E-state index in [-0.39, 0.29) is 0 Å². The Bertz CT molecular complexity index is 503. The predicted octanol–water partition coefficient (Wildman–Crippen LogP) is 3.47. The van der Waals surface area contributed by atoms with E-state index in [1.165, 1.54) is 0 Å². The molecule has 2 aromatic rings. The molecule has 0 aliphatic heterocycles. The van der Waals surface area contributed by atoms with Crippen molar-refractivity contribution in [1.82, 2.24) is 0 Å². The third kappa shape index (κ3) is 2.81. The number of aryl methyl sites for hydroxylation is 2. The molecule has 0 radical (unpaired) electrons. The fraction of sp³-hybridized carbons (Fsp3) is 0.286. The van der Waals surface area contributed by atoms with Gasteiger partial charge in [-0.2, -0.15) is 0 Å². The minimum absolute atomic E-state index is 0.291. The molecule has 0 amide bonds. The van der Waals surface area contributed by atoms with Gasteiger partial charge < -0.3 is 14.8 Å². The second-order valence-electron chi connectivity index (χ2n) is 4.07. The van der Waals surface area contributed by atoms with Crippen LogP contribution in [-0.4, -0.2) is 5.11 Å². The van der Waals surface area contributed by atoms with E-state index in [1.54, 1.807) is 12.1 Å². The Hall–Kier alpha value is -1.90. The monoisotopic (exact) mass is 231 g/mol. The summed E-state index contributed by atoms with van der Waals surface area (Å²) in [5.41, 5.74) is 2.03. The van der Waals surface area contributed by atoms with Gasteiger partial charge in [0.15, 0.2) is 0 Å². The lowest BCUT2D eigenvalue weighted by Crippen LogP contribution is -1.99. The van der Waals surface area contributed by atoms with E-state index < -0.39 is 0 Å². The number of phenols is 1. The van der Waals surface area contributed by atoms with Crippen molar-refractivity contribution in [3.63, 3.8) is 0 Å². The molecule has 0 aliphatic carbocycles. The lowest BCUT2D eigenvalue weighted by molar-refractivity contribution is 0.474. The molecule has 0 atom stereocenters. The lowest BCUT2D eigenvalue weighted by Gasteiger charge is -2.08. The molecule has 17 heavy (non-hydrogen) atoms. The second kappa shape index (κ2) is 4.95. The standard InChI is InChI=1S/C14H17NO2/c1-3-12-5-6-13(17-12)9-15-14-7-4-11(16)8-10(14)2/h4-8,15-16H,3,9H2,1-2H3. The van der Waals surface area contributed by atoms with Crippen LogP contribution in [0.1, 0.15) is 24.0 Å². The summed E-state index contributed by atoms with van der Waals surface area (Å²) >= 11 is 0. The van der Waals surface area contributed by atoms with Crippen molar-refractivity contribution < 1.29 is 9.52 Å². The fourth-order valence-corrected chi connectivity index (χ4v) is 1.74. The van der Waals surface area contributed by atoms with Crippen molar-refractivity contribution in [2.45, 2.75) is 26.8 Å². The normalized spacial score (nSPS) is 10.5. The number of phenolic OH excluding ortho intramolecular Hbond substituents is 1. The van der Waals surface area contributed by atoms with Gasteiger partial charge in [0.25, 0.3) is 0 Å². The van der Waals surface area contributed by atoms with Gasteiger partial charge in [-0.1, -0.05) is 6.92 Å². The number of hydrogen-bond donors (Lipinski definition) is 2. The van der Waals surface area contributed by atoms with Crippen molar-refractivity contribution in [1.29, 1.82) is 0 Å². The third-order valence-electron chi connectivity index (χ3n) is 2.73. The summed E-state index contributed by atoms with van der Waals surface area (Å²) in [6, 6.07) is 9.27. The van der Waals surface area contributed by atoms with Crippen molar-refractivity contribution in [3.05, 3.63) is 47.4 Å². The number of anilines is 1. The number of aromatic hydroxyl groups is 1. The Kier molecular flexibility index (Phi) is 3.38. The van der Waals surface area contributed by atoms with E-state index >= 15 is 0 Å². The van der Waals surface area contributed by atoms with Gasteiger partial charge in [0.05, 0.1) is 6.54 Å². The fourth-order valence-electron chi connectivity index (χ4n) is 1.74. The minimum atomic E-state index is 0.291. The van der Waals surface area contributed by atoms with Crippen LogP contribution in [-0.2, 0) is 13.0 Å². The van der Waals surface area contributed by atoms with Crippen molar-refractivity contribution in [2.24, 2.45) is 0 Å². The molecule has 0 saturated carbocycles. The summed E-state index contributed by atoms with van der Waals surface area (Å²) in [7, 11) is 0. The predicted molar refractivity (Wildman–Crippen MR) is 68.3 cm³/mol. The highest BCUT2D eigenvalue weighted by Crippen LogP contribution is 2.21. The maximum Gasteiger partial charge on any atom is 0.123 e. The molecule has 0 bridgehead atoms. The summed E-state index contributed by atoms with van der Waals surface area (Å²) < 4.78 is 5.61. The topological polar surface area (TPSA) is 45.4 Å². The Morgan fingerprint density at radius 1 is 1.18 bits per heavy atom. The third-order valence-corrected chi connectivity index (χ3v) is 2.73. The zero-order valence-electron chi connectivity index (χ0n) is 10.2. The molecule has 0 saturated heterocycles. The first-order valence-electron chi connectivity index (χ1n) is 5.80. The van der Waals surface area contributed by atoms with E-state index in [0.29, 0.717) is 12.3 Å². The highest BCUT2D eigenvalue weighted by atomic mass is 16.3. The molecular formula is C14H17NO2. The van der Waals surface area contributed by atoms with Gasteiger partial charge in [0.1, 0.15) is 17.3 Å². The van der Waals surface area contributed by atoms with Gasteiger partial charge in [-0.05, 0) is 42.8 Å². The zero-order valence-corrected chi connectivity index (χ0v) is 10.2. The Morgan fingerprint density at radius 2 is 1.94 bits per heavy atom. The molecule has 1 aromatic heterocycles. The highest BCUT2D eigenvalue weighted by Gasteiger charge is 2.02. The van der Waals surface area contributed by atoms with Crippen LogP contribution in [0.4, 0.5) is 5.69 Å². The molecule has 3 nitrogen and oxygen atoms in total. The number of nitrogens with one attached hydrogen (secondary N) is 1. The van der Waals surface area contributed by atoms with Gasteiger partial charge in [-0.3, -0.25) is 0 Å². The Labute approximate surface area is 101 Å². The molecule has 3 heteroatoms. The Morgan fingerprint density at radius 3 is 2.59 bits per heavy atom. The summed E-state index contributed by atoms with van der Waals surface area (Å²) in [5.74, 6) is 2.22. The second-order valence-corrected chi connectivity index (χ2v) is 4.07. The first-order chi connectivity index (χ1) is 8.19. The first kappa shape index (κ1) is 11.6. The van der Waals surface area contributed by atoms with Gasteiger partial charge >= 0.3 is 0 Å². The zero-order chi connectivity index (χ0) is 12.3. The molecule has 1 aromatic carbocycles. The molecule has 90 valence electrons. The summed E-state index contributed by atoms with van der Waals surface area (Å²) in [6.45, 7) is 4.69. The van der Waals surface area contributed by atoms with Crippen LogP contribution in [0.25, 0.3) is 0 Å². The van der Waals surface area contributed by atoms with E-state index in [1.807, 2.05) is 25.1 Å². The van der Waals surface area contributed by atoms with E-state index in [4.69, 9.17) is 4.42 Å². The minimum Gasteiger partial charge on any atom is -0.508 e. The average Bonchev–Trinajstić information content (AvgIpc) is 2.76. The molecule has 0 unspecified atom stereocenters. The summed E-state index contributed by atoms with van der Waals surface area (Å²) in [5, 5.41) is 12.6.